The normalized spacial score (nSPS) is 12.0. The fraction of sp³-hybridized carbons (Fsp3) is 1.00. The lowest BCUT2D eigenvalue weighted by molar-refractivity contribution is 0.703. The van der Waals surface area contributed by atoms with Gasteiger partial charge in [0.15, 0.2) is 0 Å². The second-order valence-corrected chi connectivity index (χ2v) is 12.0. The Hall–Kier alpha value is 0.217. The fourth-order valence-electron chi connectivity index (χ4n) is 3.55. The molecule has 0 atom stereocenters. The van der Waals surface area contributed by atoms with Crippen molar-refractivity contribution in [3.05, 3.63) is 0 Å². The smallest absolute Gasteiger partial charge is 0.0535 e. The first-order chi connectivity index (χ1) is 9.74. The minimum Gasteiger partial charge on any atom is -0.0654 e. The van der Waals surface area contributed by atoms with Gasteiger partial charge in [0.25, 0.3) is 0 Å². The van der Waals surface area contributed by atoms with E-state index in [2.05, 4.69) is 27.7 Å². The van der Waals surface area contributed by atoms with Crippen molar-refractivity contribution in [1.82, 2.24) is 0 Å². The van der Waals surface area contributed by atoms with Gasteiger partial charge in [0.1, 0.15) is 0 Å². The van der Waals surface area contributed by atoms with Crippen LogP contribution in [0.5, 0.6) is 0 Å². The zero-order valence-electron chi connectivity index (χ0n) is 15.1. The van der Waals surface area contributed by atoms with Crippen LogP contribution in [0.1, 0.15) is 98.3 Å². The van der Waals surface area contributed by atoms with Gasteiger partial charge in [-0.15, -0.1) is 0 Å². The lowest BCUT2D eigenvalue weighted by Crippen LogP contribution is -2.33. The molecule has 20 heavy (non-hydrogen) atoms. The highest BCUT2D eigenvalue weighted by molar-refractivity contribution is 6.79. The molecule has 0 heterocycles. The predicted octanol–water partition coefficient (Wildman–Crippen LogP) is 7.81. The molecule has 0 saturated heterocycles. The average Bonchev–Trinajstić information content (AvgIpc) is 2.46. The van der Waals surface area contributed by atoms with E-state index in [1.165, 1.54) is 70.6 Å². The first kappa shape index (κ1) is 20.2. The number of rotatable bonds is 15. The Labute approximate surface area is 131 Å². The van der Waals surface area contributed by atoms with Gasteiger partial charge >= 0.3 is 0 Å². The van der Waals surface area contributed by atoms with E-state index in [0.717, 1.165) is 0 Å². The Kier molecular flexibility index (Phi) is 14.3. The lowest BCUT2D eigenvalue weighted by Gasteiger charge is -2.33. The lowest BCUT2D eigenvalue weighted by atomic mass is 10.3. The summed E-state index contributed by atoms with van der Waals surface area (Å²) in [6.45, 7) is 9.43. The molecule has 0 rings (SSSR count). The van der Waals surface area contributed by atoms with Crippen molar-refractivity contribution in [2.45, 2.75) is 123 Å². The Morgan fingerprint density at radius 1 is 0.400 bits per heavy atom. The summed E-state index contributed by atoms with van der Waals surface area (Å²) >= 11 is 0. The molecule has 0 aromatic heterocycles. The molecule has 0 bridgehead atoms. The van der Waals surface area contributed by atoms with Crippen molar-refractivity contribution in [2.24, 2.45) is 0 Å². The van der Waals surface area contributed by atoms with Crippen LogP contribution >= 0.6 is 0 Å². The molecule has 0 aliphatic carbocycles. The SMILES string of the molecule is CCCCC[Si](CCCC)(CCCCC)CCCCC. The van der Waals surface area contributed by atoms with Crippen molar-refractivity contribution in [3.63, 3.8) is 0 Å². The van der Waals surface area contributed by atoms with Gasteiger partial charge in [0, 0.05) is 0 Å². The Bertz CT molecular complexity index is 162. The summed E-state index contributed by atoms with van der Waals surface area (Å²) in [6, 6.07) is 6.58. The largest absolute Gasteiger partial charge is 0.0654 e. The Morgan fingerprint density at radius 2 is 0.700 bits per heavy atom. The van der Waals surface area contributed by atoms with E-state index in [-0.39, 0.29) is 0 Å². The van der Waals surface area contributed by atoms with Crippen molar-refractivity contribution < 1.29 is 0 Å². The van der Waals surface area contributed by atoms with E-state index in [1.807, 2.05) is 0 Å². The third-order valence-electron chi connectivity index (χ3n) is 4.99. The highest BCUT2D eigenvalue weighted by Crippen LogP contribution is 2.34. The molecule has 0 aromatic rings. The van der Waals surface area contributed by atoms with Crippen LogP contribution < -0.4 is 0 Å². The standard InChI is InChI=1S/C19H42Si/c1-5-9-13-17-20(16-12-8-4,18-14-10-6-2)19-15-11-7-3/h5-19H2,1-4H3. The van der Waals surface area contributed by atoms with Crippen LogP contribution in [0.3, 0.4) is 0 Å². The van der Waals surface area contributed by atoms with Crippen LogP contribution in [0.2, 0.25) is 24.2 Å². The van der Waals surface area contributed by atoms with Gasteiger partial charge in [-0.1, -0.05) is 123 Å². The minimum atomic E-state index is -0.928. The average molecular weight is 299 g/mol. The molecular formula is C19H42Si. The molecule has 0 N–H and O–H groups in total. The van der Waals surface area contributed by atoms with Gasteiger partial charge in [0.05, 0.1) is 8.07 Å². The molecule has 0 saturated carbocycles. The molecule has 0 radical (unpaired) electrons. The van der Waals surface area contributed by atoms with Crippen LogP contribution in [0.25, 0.3) is 0 Å². The van der Waals surface area contributed by atoms with Crippen LogP contribution in [-0.2, 0) is 0 Å². The first-order valence-electron chi connectivity index (χ1n) is 9.74. The molecule has 0 aliphatic rings. The van der Waals surface area contributed by atoms with Crippen LogP contribution in [0.15, 0.2) is 0 Å². The predicted molar refractivity (Wildman–Crippen MR) is 98.5 cm³/mol. The Balaban J connectivity index is 4.48. The molecule has 0 fully saturated rings. The van der Waals surface area contributed by atoms with E-state index in [0.29, 0.717) is 0 Å². The van der Waals surface area contributed by atoms with E-state index in [9.17, 15) is 0 Å². The summed E-state index contributed by atoms with van der Waals surface area (Å²) in [5.41, 5.74) is 0. The summed E-state index contributed by atoms with van der Waals surface area (Å²) in [7, 11) is -0.928. The van der Waals surface area contributed by atoms with E-state index in [4.69, 9.17) is 0 Å². The van der Waals surface area contributed by atoms with E-state index < -0.39 is 8.07 Å². The maximum Gasteiger partial charge on any atom is 0.0535 e. The molecule has 0 aliphatic heterocycles. The highest BCUT2D eigenvalue weighted by atomic mass is 28.3. The zero-order valence-corrected chi connectivity index (χ0v) is 16.1. The number of hydrogen-bond donors (Lipinski definition) is 0. The highest BCUT2D eigenvalue weighted by Gasteiger charge is 2.30. The second kappa shape index (κ2) is 14.2. The monoisotopic (exact) mass is 298 g/mol. The number of hydrogen-bond acceptors (Lipinski definition) is 0. The molecule has 0 nitrogen and oxygen atoms in total. The van der Waals surface area contributed by atoms with Crippen molar-refractivity contribution >= 4 is 8.07 Å². The quantitative estimate of drug-likeness (QED) is 0.214. The Morgan fingerprint density at radius 3 is 1.00 bits per heavy atom. The summed E-state index contributed by atoms with van der Waals surface area (Å²) in [5.74, 6) is 0. The van der Waals surface area contributed by atoms with Gasteiger partial charge in [-0.3, -0.25) is 0 Å². The molecule has 1 heteroatoms. The molecule has 122 valence electrons. The molecular weight excluding hydrogens is 256 g/mol. The van der Waals surface area contributed by atoms with Gasteiger partial charge in [0.2, 0.25) is 0 Å². The van der Waals surface area contributed by atoms with E-state index in [1.54, 1.807) is 24.2 Å². The van der Waals surface area contributed by atoms with Crippen LogP contribution in [0.4, 0.5) is 0 Å². The fourth-order valence-corrected chi connectivity index (χ4v) is 9.16. The summed E-state index contributed by atoms with van der Waals surface area (Å²) < 4.78 is 0. The summed E-state index contributed by atoms with van der Waals surface area (Å²) in [5, 5.41) is 0. The van der Waals surface area contributed by atoms with Gasteiger partial charge in [-0.2, -0.15) is 0 Å². The maximum atomic E-state index is 2.38. The van der Waals surface area contributed by atoms with Crippen LogP contribution in [0, 0.1) is 0 Å². The molecule has 0 aromatic carbocycles. The molecule has 0 spiro atoms. The molecule has 0 unspecified atom stereocenters. The summed E-state index contributed by atoms with van der Waals surface area (Å²) in [6.07, 6.45) is 16.1. The maximum absolute atomic E-state index is 2.38. The third-order valence-corrected chi connectivity index (χ3v) is 10.6. The summed E-state index contributed by atoms with van der Waals surface area (Å²) in [4.78, 5) is 0. The van der Waals surface area contributed by atoms with Gasteiger partial charge < -0.3 is 0 Å². The second-order valence-electron chi connectivity index (χ2n) is 6.97. The third kappa shape index (κ3) is 10.0. The first-order valence-corrected chi connectivity index (χ1v) is 12.6. The van der Waals surface area contributed by atoms with Crippen molar-refractivity contribution in [1.29, 1.82) is 0 Å². The van der Waals surface area contributed by atoms with Gasteiger partial charge in [-0.25, -0.2) is 0 Å². The molecule has 0 amide bonds. The van der Waals surface area contributed by atoms with E-state index >= 15 is 0 Å². The van der Waals surface area contributed by atoms with Crippen molar-refractivity contribution in [3.8, 4) is 0 Å². The zero-order chi connectivity index (χ0) is 15.1. The van der Waals surface area contributed by atoms with Crippen molar-refractivity contribution in [2.75, 3.05) is 0 Å². The minimum absolute atomic E-state index is 0.928. The number of unbranched alkanes of at least 4 members (excludes halogenated alkanes) is 7. The van der Waals surface area contributed by atoms with Crippen LogP contribution in [-0.4, -0.2) is 8.07 Å². The van der Waals surface area contributed by atoms with Gasteiger partial charge in [-0.05, 0) is 0 Å². The topological polar surface area (TPSA) is 0 Å².